The summed E-state index contributed by atoms with van der Waals surface area (Å²) in [4.78, 5) is 21.8. The summed E-state index contributed by atoms with van der Waals surface area (Å²) >= 11 is 5.16. The molecule has 0 aliphatic heterocycles. The average molecular weight is 611 g/mol. The minimum absolute atomic E-state index is 0.247. The first kappa shape index (κ1) is 42.2. The number of hydrogen-bond donors (Lipinski definition) is 1. The topological polar surface area (TPSA) is 88.5 Å². The predicted octanol–water partition coefficient (Wildman–Crippen LogP) is 10.1. The van der Waals surface area contributed by atoms with Gasteiger partial charge >= 0.3 is 0 Å². The Hall–Kier alpha value is -2.29. The smallest absolute Gasteiger partial charge is 0.252 e. The fraction of sp³-hybridized carbons (Fsp3) is 0.375. The lowest BCUT2D eigenvalue weighted by Gasteiger charge is -2.28. The number of aliphatic hydroxyl groups is 1. The summed E-state index contributed by atoms with van der Waals surface area (Å²) < 4.78 is 23.2. The molecule has 0 spiro atoms. The Morgan fingerprint density at radius 1 is 0.625 bits per heavy atom. The van der Waals surface area contributed by atoms with Gasteiger partial charge < -0.3 is 14.2 Å². The van der Waals surface area contributed by atoms with Gasteiger partial charge in [0.1, 0.15) is 19.6 Å². The van der Waals surface area contributed by atoms with Gasteiger partial charge in [0.15, 0.2) is 0 Å². The highest BCUT2D eigenvalue weighted by molar-refractivity contribution is 7.79. The maximum atomic E-state index is 11.8. The third kappa shape index (κ3) is 16.7. The Balaban J connectivity index is -0.000000473. The van der Waals surface area contributed by atoms with Gasteiger partial charge in [-0.3, -0.25) is 9.59 Å². The number of carbonyl (C=O) groups excluding carboxylic acids is 2. The number of carbonyl (C=O) groups is 2. The zero-order valence-corrected chi connectivity index (χ0v) is 28.6. The average Bonchev–Trinajstić information content (AvgIpc) is 2.97. The predicted molar refractivity (Wildman–Crippen MR) is 176 cm³/mol. The van der Waals surface area contributed by atoms with Crippen LogP contribution in [0.2, 0.25) is 0 Å². The highest BCUT2D eigenvalue weighted by Crippen LogP contribution is 2.55. The maximum Gasteiger partial charge on any atom is 0.252 e. The third-order valence-electron chi connectivity index (χ3n) is 4.88. The quantitative estimate of drug-likeness (QED) is 0.229. The first-order valence-corrected chi connectivity index (χ1v) is 19.0. The van der Waals surface area contributed by atoms with Crippen molar-refractivity contribution >= 4 is 36.7 Å². The van der Waals surface area contributed by atoms with Crippen molar-refractivity contribution in [2.75, 3.05) is 26.7 Å². The van der Waals surface area contributed by atoms with Gasteiger partial charge in [-0.1, -0.05) is 133 Å². The molecule has 3 aromatic rings. The first-order valence-electron chi connectivity index (χ1n) is 13.4. The van der Waals surface area contributed by atoms with E-state index in [1.807, 2.05) is 71.9 Å². The van der Waals surface area contributed by atoms with Crippen molar-refractivity contribution in [1.29, 1.82) is 0 Å². The molecule has 0 amide bonds. The molecule has 1 N–H and O–H groups in total. The molecule has 0 aliphatic rings. The number of rotatable bonds is 5. The van der Waals surface area contributed by atoms with Crippen LogP contribution in [0.15, 0.2) is 91.0 Å². The standard InChI is InChI=1S/C10H15O2P.C9H11O2P.C7H5ClO.3C2H6/c1-10(11,13(2,3)12)9-7-5-4-6-8-9;1-12(2,11)9(10)8-6-4-3-5-7-8;8-7(9)6-4-2-1-3-5-6;3*1-2/h4-8,11H,1-3H3;3-7H,1-2H3;1-5H;3*1-2H3. The van der Waals surface area contributed by atoms with Crippen molar-refractivity contribution < 1.29 is 23.8 Å². The summed E-state index contributed by atoms with van der Waals surface area (Å²) in [5, 5.41) is 8.44. The summed E-state index contributed by atoms with van der Waals surface area (Å²) in [6, 6.07) is 26.6. The van der Waals surface area contributed by atoms with Crippen molar-refractivity contribution in [3.8, 4) is 0 Å². The van der Waals surface area contributed by atoms with E-state index < -0.39 is 24.9 Å². The summed E-state index contributed by atoms with van der Waals surface area (Å²) in [6.45, 7) is 19.8. The SMILES string of the molecule is CC.CC.CC.CC(O)(c1ccccc1)P(C)(C)=O.CP(C)(=O)C(=O)c1ccccc1.O=C(Cl)c1ccccc1. The molecule has 3 aromatic carbocycles. The summed E-state index contributed by atoms with van der Waals surface area (Å²) in [6.07, 6.45) is 0. The number of benzene rings is 3. The van der Waals surface area contributed by atoms with Gasteiger partial charge in [0, 0.05) is 11.1 Å². The van der Waals surface area contributed by atoms with Gasteiger partial charge in [0.25, 0.3) is 5.24 Å². The molecule has 0 radical (unpaired) electrons. The van der Waals surface area contributed by atoms with E-state index in [1.54, 1.807) is 80.9 Å². The molecule has 0 bridgehead atoms. The van der Waals surface area contributed by atoms with Crippen LogP contribution in [-0.4, -0.2) is 42.5 Å². The van der Waals surface area contributed by atoms with Crippen molar-refractivity contribution in [3.05, 3.63) is 108 Å². The van der Waals surface area contributed by atoms with Crippen molar-refractivity contribution in [3.63, 3.8) is 0 Å². The van der Waals surface area contributed by atoms with Crippen molar-refractivity contribution in [1.82, 2.24) is 0 Å². The van der Waals surface area contributed by atoms with Gasteiger partial charge in [-0.15, -0.1) is 0 Å². The molecular weight excluding hydrogens is 562 g/mol. The summed E-state index contributed by atoms with van der Waals surface area (Å²) in [7, 11) is -5.15. The van der Waals surface area contributed by atoms with E-state index in [0.717, 1.165) is 0 Å². The van der Waals surface area contributed by atoms with E-state index in [9.17, 15) is 23.8 Å². The molecule has 40 heavy (non-hydrogen) atoms. The van der Waals surface area contributed by atoms with Crippen LogP contribution in [0.3, 0.4) is 0 Å². The van der Waals surface area contributed by atoms with Crippen LogP contribution in [0.5, 0.6) is 0 Å². The molecule has 0 aromatic heterocycles. The largest absolute Gasteiger partial charge is 0.378 e. The van der Waals surface area contributed by atoms with E-state index >= 15 is 0 Å². The molecule has 0 saturated carbocycles. The Bertz CT molecular complexity index is 1150. The Labute approximate surface area is 248 Å². The van der Waals surface area contributed by atoms with E-state index in [4.69, 9.17) is 11.6 Å². The molecule has 0 aliphatic carbocycles. The second-order valence-corrected chi connectivity index (χ2v) is 15.4. The van der Waals surface area contributed by atoms with Crippen molar-refractivity contribution in [2.24, 2.45) is 0 Å². The lowest BCUT2D eigenvalue weighted by Crippen LogP contribution is -2.20. The summed E-state index contributed by atoms with van der Waals surface area (Å²) in [5.41, 5.74) is 1.54. The van der Waals surface area contributed by atoms with Crippen LogP contribution >= 0.6 is 25.9 Å². The second kappa shape index (κ2) is 22.4. The molecule has 3 rings (SSSR count). The first-order chi connectivity index (χ1) is 18.7. The monoisotopic (exact) mass is 610 g/mol. The fourth-order valence-corrected chi connectivity index (χ4v) is 4.19. The normalized spacial score (nSPS) is 11.2. The Morgan fingerprint density at radius 3 is 1.18 bits per heavy atom. The molecule has 1 unspecified atom stereocenters. The molecule has 0 saturated heterocycles. The molecule has 1 atom stereocenters. The highest BCUT2D eigenvalue weighted by Gasteiger charge is 2.35. The van der Waals surface area contributed by atoms with Gasteiger partial charge in [-0.25, -0.2) is 0 Å². The molecule has 224 valence electrons. The Morgan fingerprint density at radius 2 is 0.925 bits per heavy atom. The molecule has 0 fully saturated rings. The van der Waals surface area contributed by atoms with Crippen LogP contribution in [0.4, 0.5) is 0 Å². The van der Waals surface area contributed by atoms with E-state index in [-0.39, 0.29) is 5.52 Å². The van der Waals surface area contributed by atoms with Crippen LogP contribution in [-0.2, 0) is 14.5 Å². The van der Waals surface area contributed by atoms with E-state index in [0.29, 0.717) is 16.7 Å². The van der Waals surface area contributed by atoms with Crippen LogP contribution < -0.4 is 0 Å². The van der Waals surface area contributed by atoms with Gasteiger partial charge in [0.05, 0.1) is 0 Å². The summed E-state index contributed by atoms with van der Waals surface area (Å²) in [5.74, 6) is 0. The Kier molecular flexibility index (Phi) is 23.6. The molecule has 0 heterocycles. The van der Waals surface area contributed by atoms with E-state index in [1.165, 1.54) is 13.3 Å². The van der Waals surface area contributed by atoms with Gasteiger partial charge in [0.2, 0.25) is 5.52 Å². The van der Waals surface area contributed by atoms with Crippen LogP contribution in [0, 0.1) is 0 Å². The number of hydrogen-bond acceptors (Lipinski definition) is 5. The van der Waals surface area contributed by atoms with Crippen LogP contribution in [0.1, 0.15) is 74.7 Å². The molecule has 8 heteroatoms. The van der Waals surface area contributed by atoms with E-state index in [2.05, 4.69) is 0 Å². The lowest BCUT2D eigenvalue weighted by molar-refractivity contribution is 0.107. The zero-order valence-electron chi connectivity index (χ0n) is 26.0. The van der Waals surface area contributed by atoms with Gasteiger partial charge in [-0.05, 0) is 50.7 Å². The second-order valence-electron chi connectivity index (χ2n) is 8.40. The zero-order chi connectivity index (χ0) is 32.0. The van der Waals surface area contributed by atoms with Crippen LogP contribution in [0.25, 0.3) is 0 Å². The highest BCUT2D eigenvalue weighted by atomic mass is 35.5. The fourth-order valence-electron chi connectivity index (χ4n) is 2.53. The number of halogens is 1. The maximum absolute atomic E-state index is 11.8. The lowest BCUT2D eigenvalue weighted by atomic mass is 10.1. The van der Waals surface area contributed by atoms with Crippen molar-refractivity contribution in [2.45, 2.75) is 53.8 Å². The minimum atomic E-state index is -2.62. The molecule has 5 nitrogen and oxygen atoms in total. The van der Waals surface area contributed by atoms with Gasteiger partial charge in [-0.2, -0.15) is 0 Å². The molecular formula is C32H49ClO5P2. The third-order valence-corrected chi connectivity index (χ3v) is 8.69. The minimum Gasteiger partial charge on any atom is -0.378 e.